The molecule has 0 saturated heterocycles. The molecule has 1 rings (SSSR count). The Morgan fingerprint density at radius 2 is 2.19 bits per heavy atom. The predicted octanol–water partition coefficient (Wildman–Crippen LogP) is 2.28. The average molecular weight is 221 g/mol. The predicted molar refractivity (Wildman–Crippen MR) is 69.7 cm³/mol. The fraction of sp³-hybridized carbons (Fsp3) is 0.615. The quantitative estimate of drug-likeness (QED) is 0.799. The number of rotatable bonds is 6. The lowest BCUT2D eigenvalue weighted by Crippen LogP contribution is -2.23. The van der Waals surface area contributed by atoms with Gasteiger partial charge in [-0.1, -0.05) is 13.8 Å². The highest BCUT2D eigenvalue weighted by Crippen LogP contribution is 2.17. The standard InChI is InChI=1S/C13H23N3/c1-5-16(4)13-10-14-7-6-12(13)9-15-8-11(2)3/h6-7,10-11,15H,5,8-9H2,1-4H3. The van der Waals surface area contributed by atoms with E-state index in [2.05, 4.69) is 49.1 Å². The van der Waals surface area contributed by atoms with E-state index in [4.69, 9.17) is 0 Å². The highest BCUT2D eigenvalue weighted by atomic mass is 15.1. The maximum atomic E-state index is 4.19. The Bertz CT molecular complexity index is 310. The molecular formula is C13H23N3. The first-order valence-electron chi connectivity index (χ1n) is 5.99. The van der Waals surface area contributed by atoms with E-state index in [9.17, 15) is 0 Å². The molecule has 0 bridgehead atoms. The fourth-order valence-electron chi connectivity index (χ4n) is 1.57. The summed E-state index contributed by atoms with van der Waals surface area (Å²) in [5.74, 6) is 0.689. The van der Waals surface area contributed by atoms with E-state index in [0.717, 1.165) is 19.6 Å². The monoisotopic (exact) mass is 221 g/mol. The summed E-state index contributed by atoms with van der Waals surface area (Å²) in [6.07, 6.45) is 3.80. The van der Waals surface area contributed by atoms with Crippen LogP contribution < -0.4 is 10.2 Å². The summed E-state index contributed by atoms with van der Waals surface area (Å²) < 4.78 is 0. The van der Waals surface area contributed by atoms with Crippen molar-refractivity contribution >= 4 is 5.69 Å². The third kappa shape index (κ3) is 3.81. The summed E-state index contributed by atoms with van der Waals surface area (Å²) in [5, 5.41) is 3.47. The van der Waals surface area contributed by atoms with E-state index in [1.165, 1.54) is 11.3 Å². The number of hydrogen-bond donors (Lipinski definition) is 1. The van der Waals surface area contributed by atoms with E-state index in [0.29, 0.717) is 5.92 Å². The van der Waals surface area contributed by atoms with Crippen LogP contribution in [0.25, 0.3) is 0 Å². The van der Waals surface area contributed by atoms with Crippen molar-refractivity contribution in [3.05, 3.63) is 24.0 Å². The van der Waals surface area contributed by atoms with Gasteiger partial charge in [0.05, 0.1) is 11.9 Å². The molecule has 0 amide bonds. The van der Waals surface area contributed by atoms with Crippen LogP contribution in [0.3, 0.4) is 0 Å². The summed E-state index contributed by atoms with van der Waals surface area (Å²) in [6.45, 7) is 9.57. The van der Waals surface area contributed by atoms with Crippen molar-refractivity contribution in [2.24, 2.45) is 5.92 Å². The SMILES string of the molecule is CCN(C)c1cnccc1CNCC(C)C. The molecule has 1 heterocycles. The summed E-state index contributed by atoms with van der Waals surface area (Å²) in [4.78, 5) is 6.41. The Balaban J connectivity index is 2.64. The van der Waals surface area contributed by atoms with E-state index in [1.54, 1.807) is 0 Å². The van der Waals surface area contributed by atoms with Gasteiger partial charge < -0.3 is 10.2 Å². The second-order valence-electron chi connectivity index (χ2n) is 4.54. The average Bonchev–Trinajstić information content (AvgIpc) is 2.28. The highest BCUT2D eigenvalue weighted by molar-refractivity contribution is 5.50. The van der Waals surface area contributed by atoms with Crippen molar-refractivity contribution in [2.45, 2.75) is 27.3 Å². The van der Waals surface area contributed by atoms with Crippen LogP contribution >= 0.6 is 0 Å². The van der Waals surface area contributed by atoms with Crippen LogP contribution in [-0.2, 0) is 6.54 Å². The summed E-state index contributed by atoms with van der Waals surface area (Å²) in [5.41, 5.74) is 2.54. The number of pyridine rings is 1. The van der Waals surface area contributed by atoms with Gasteiger partial charge in [0, 0.05) is 26.3 Å². The van der Waals surface area contributed by atoms with Gasteiger partial charge in [-0.3, -0.25) is 4.98 Å². The maximum absolute atomic E-state index is 4.19. The van der Waals surface area contributed by atoms with Crippen LogP contribution in [0.5, 0.6) is 0 Å². The van der Waals surface area contributed by atoms with Crippen molar-refractivity contribution in [3.63, 3.8) is 0 Å². The topological polar surface area (TPSA) is 28.2 Å². The Hall–Kier alpha value is -1.09. The van der Waals surface area contributed by atoms with E-state index < -0.39 is 0 Å². The van der Waals surface area contributed by atoms with Crippen LogP contribution in [0.1, 0.15) is 26.3 Å². The van der Waals surface area contributed by atoms with Gasteiger partial charge in [-0.05, 0) is 31.0 Å². The zero-order valence-corrected chi connectivity index (χ0v) is 10.8. The van der Waals surface area contributed by atoms with Crippen LogP contribution in [-0.4, -0.2) is 25.1 Å². The van der Waals surface area contributed by atoms with E-state index in [-0.39, 0.29) is 0 Å². The zero-order chi connectivity index (χ0) is 12.0. The van der Waals surface area contributed by atoms with Gasteiger partial charge in [0.1, 0.15) is 0 Å². The molecule has 3 nitrogen and oxygen atoms in total. The van der Waals surface area contributed by atoms with E-state index in [1.807, 2.05) is 12.4 Å². The molecule has 0 saturated carbocycles. The van der Waals surface area contributed by atoms with Crippen LogP contribution in [0, 0.1) is 5.92 Å². The molecule has 0 aliphatic carbocycles. The minimum atomic E-state index is 0.689. The van der Waals surface area contributed by atoms with Crippen molar-refractivity contribution in [1.82, 2.24) is 10.3 Å². The third-order valence-corrected chi connectivity index (χ3v) is 2.64. The zero-order valence-electron chi connectivity index (χ0n) is 10.8. The molecule has 16 heavy (non-hydrogen) atoms. The molecule has 1 aromatic heterocycles. The van der Waals surface area contributed by atoms with Gasteiger partial charge in [0.25, 0.3) is 0 Å². The van der Waals surface area contributed by atoms with Gasteiger partial charge in [0.2, 0.25) is 0 Å². The normalized spacial score (nSPS) is 10.8. The molecule has 1 N–H and O–H groups in total. The first-order chi connectivity index (χ1) is 7.65. The Labute approximate surface area is 98.9 Å². The van der Waals surface area contributed by atoms with Gasteiger partial charge in [-0.2, -0.15) is 0 Å². The molecule has 0 spiro atoms. The number of anilines is 1. The summed E-state index contributed by atoms with van der Waals surface area (Å²) in [7, 11) is 2.10. The lowest BCUT2D eigenvalue weighted by molar-refractivity contribution is 0.552. The lowest BCUT2D eigenvalue weighted by atomic mass is 10.2. The molecule has 0 atom stereocenters. The molecular weight excluding hydrogens is 198 g/mol. The first-order valence-corrected chi connectivity index (χ1v) is 5.99. The van der Waals surface area contributed by atoms with Gasteiger partial charge >= 0.3 is 0 Å². The van der Waals surface area contributed by atoms with Crippen molar-refractivity contribution in [2.75, 3.05) is 25.0 Å². The Kier molecular flexibility index (Phi) is 5.26. The molecule has 0 fully saturated rings. The maximum Gasteiger partial charge on any atom is 0.0595 e. The molecule has 0 aromatic carbocycles. The second kappa shape index (κ2) is 6.48. The van der Waals surface area contributed by atoms with Crippen molar-refractivity contribution in [3.8, 4) is 0 Å². The second-order valence-corrected chi connectivity index (χ2v) is 4.54. The number of aromatic nitrogens is 1. The molecule has 1 aromatic rings. The molecule has 0 aliphatic heterocycles. The minimum Gasteiger partial charge on any atom is -0.373 e. The largest absolute Gasteiger partial charge is 0.373 e. The smallest absolute Gasteiger partial charge is 0.0595 e. The van der Waals surface area contributed by atoms with Crippen molar-refractivity contribution < 1.29 is 0 Å². The third-order valence-electron chi connectivity index (χ3n) is 2.64. The number of hydrogen-bond acceptors (Lipinski definition) is 3. The Morgan fingerprint density at radius 1 is 1.44 bits per heavy atom. The van der Waals surface area contributed by atoms with Crippen molar-refractivity contribution in [1.29, 1.82) is 0 Å². The Morgan fingerprint density at radius 3 is 2.81 bits per heavy atom. The number of nitrogens with zero attached hydrogens (tertiary/aromatic N) is 2. The lowest BCUT2D eigenvalue weighted by Gasteiger charge is -2.20. The summed E-state index contributed by atoms with van der Waals surface area (Å²) in [6, 6.07) is 2.09. The molecule has 0 aliphatic rings. The highest BCUT2D eigenvalue weighted by Gasteiger charge is 2.05. The minimum absolute atomic E-state index is 0.689. The van der Waals surface area contributed by atoms with Crippen LogP contribution in [0.4, 0.5) is 5.69 Å². The number of nitrogens with one attached hydrogen (secondary N) is 1. The molecule has 3 heteroatoms. The fourth-order valence-corrected chi connectivity index (χ4v) is 1.57. The van der Waals surface area contributed by atoms with Gasteiger partial charge in [-0.25, -0.2) is 0 Å². The molecule has 90 valence electrons. The van der Waals surface area contributed by atoms with Gasteiger partial charge in [0.15, 0.2) is 0 Å². The molecule has 0 unspecified atom stereocenters. The van der Waals surface area contributed by atoms with E-state index >= 15 is 0 Å². The summed E-state index contributed by atoms with van der Waals surface area (Å²) >= 11 is 0. The van der Waals surface area contributed by atoms with Gasteiger partial charge in [-0.15, -0.1) is 0 Å². The van der Waals surface area contributed by atoms with Crippen LogP contribution in [0.2, 0.25) is 0 Å². The first kappa shape index (κ1) is 13.0. The molecule has 0 radical (unpaired) electrons. The van der Waals surface area contributed by atoms with Crippen LogP contribution in [0.15, 0.2) is 18.5 Å².